The average Bonchev–Trinajstić information content (AvgIpc) is 2.13. The van der Waals surface area contributed by atoms with Crippen LogP contribution in [0.5, 0.6) is 5.75 Å². The molecule has 3 heteroatoms. The van der Waals surface area contributed by atoms with Crippen molar-refractivity contribution in [1.29, 1.82) is 0 Å². The lowest BCUT2D eigenvalue weighted by atomic mass is 10.1. The normalized spacial score (nSPS) is 10.0. The van der Waals surface area contributed by atoms with E-state index in [1.54, 1.807) is 13.0 Å². The van der Waals surface area contributed by atoms with E-state index in [1.165, 1.54) is 0 Å². The monoisotopic (exact) mass is 198 g/mol. The van der Waals surface area contributed by atoms with E-state index >= 15 is 0 Å². The SMILES string of the molecule is Cc1ccc(CCC=O)c(Cl)c1O. The summed E-state index contributed by atoms with van der Waals surface area (Å²) in [7, 11) is 0. The van der Waals surface area contributed by atoms with Gasteiger partial charge in [0.1, 0.15) is 12.0 Å². The molecule has 70 valence electrons. The minimum absolute atomic E-state index is 0.116. The number of aldehydes is 1. The molecule has 0 fully saturated rings. The van der Waals surface area contributed by atoms with Crippen LogP contribution in [0.15, 0.2) is 12.1 Å². The summed E-state index contributed by atoms with van der Waals surface area (Å²) < 4.78 is 0. The van der Waals surface area contributed by atoms with Crippen molar-refractivity contribution in [1.82, 2.24) is 0 Å². The van der Waals surface area contributed by atoms with Crippen LogP contribution >= 0.6 is 11.6 Å². The van der Waals surface area contributed by atoms with Gasteiger partial charge in [0.05, 0.1) is 5.02 Å². The molecule has 13 heavy (non-hydrogen) atoms. The first-order valence-electron chi connectivity index (χ1n) is 4.07. The lowest BCUT2D eigenvalue weighted by molar-refractivity contribution is -0.107. The van der Waals surface area contributed by atoms with Crippen LogP contribution in [0.1, 0.15) is 17.5 Å². The van der Waals surface area contributed by atoms with Crippen molar-refractivity contribution in [2.24, 2.45) is 0 Å². The zero-order valence-electron chi connectivity index (χ0n) is 7.38. The fourth-order valence-electron chi connectivity index (χ4n) is 1.11. The van der Waals surface area contributed by atoms with Gasteiger partial charge < -0.3 is 9.90 Å². The van der Waals surface area contributed by atoms with Gasteiger partial charge in [0.25, 0.3) is 0 Å². The number of phenolic OH excluding ortho intramolecular Hbond substituents is 1. The Kier molecular flexibility index (Phi) is 3.32. The van der Waals surface area contributed by atoms with E-state index in [9.17, 15) is 9.90 Å². The quantitative estimate of drug-likeness (QED) is 0.758. The molecule has 1 rings (SSSR count). The lowest BCUT2D eigenvalue weighted by Gasteiger charge is -2.06. The molecule has 0 saturated carbocycles. The first-order chi connectivity index (χ1) is 6.16. The van der Waals surface area contributed by atoms with Gasteiger partial charge in [-0.2, -0.15) is 0 Å². The smallest absolute Gasteiger partial charge is 0.137 e. The summed E-state index contributed by atoms with van der Waals surface area (Å²) in [6.07, 6.45) is 1.85. The zero-order chi connectivity index (χ0) is 9.84. The minimum Gasteiger partial charge on any atom is -0.506 e. The van der Waals surface area contributed by atoms with Crippen LogP contribution in [-0.2, 0) is 11.2 Å². The predicted molar refractivity (Wildman–Crippen MR) is 52.2 cm³/mol. The molecule has 0 atom stereocenters. The third-order valence-electron chi connectivity index (χ3n) is 1.93. The molecular weight excluding hydrogens is 188 g/mol. The van der Waals surface area contributed by atoms with Crippen LogP contribution in [0, 0.1) is 6.92 Å². The molecule has 0 aliphatic heterocycles. The second-order valence-electron chi connectivity index (χ2n) is 2.91. The van der Waals surface area contributed by atoms with Crippen LogP contribution in [0.2, 0.25) is 5.02 Å². The lowest BCUT2D eigenvalue weighted by Crippen LogP contribution is -1.89. The molecule has 2 nitrogen and oxygen atoms in total. The van der Waals surface area contributed by atoms with Crippen molar-refractivity contribution < 1.29 is 9.90 Å². The first kappa shape index (κ1) is 10.1. The fraction of sp³-hybridized carbons (Fsp3) is 0.300. The maximum atomic E-state index is 10.1. The summed E-state index contributed by atoms with van der Waals surface area (Å²) in [5.41, 5.74) is 1.57. The highest BCUT2D eigenvalue weighted by Crippen LogP contribution is 2.30. The Morgan fingerprint density at radius 2 is 2.23 bits per heavy atom. The van der Waals surface area contributed by atoms with Crippen LogP contribution < -0.4 is 0 Å². The Morgan fingerprint density at radius 1 is 1.54 bits per heavy atom. The number of rotatable bonds is 3. The van der Waals surface area contributed by atoms with Gasteiger partial charge in [-0.25, -0.2) is 0 Å². The van der Waals surface area contributed by atoms with Crippen molar-refractivity contribution >= 4 is 17.9 Å². The van der Waals surface area contributed by atoms with Crippen molar-refractivity contribution in [2.45, 2.75) is 19.8 Å². The Balaban J connectivity index is 2.96. The topological polar surface area (TPSA) is 37.3 Å². The molecule has 0 aromatic heterocycles. The second-order valence-corrected chi connectivity index (χ2v) is 3.29. The molecule has 0 bridgehead atoms. The van der Waals surface area contributed by atoms with Gasteiger partial charge >= 0.3 is 0 Å². The van der Waals surface area contributed by atoms with Gasteiger partial charge in [0, 0.05) is 6.42 Å². The van der Waals surface area contributed by atoms with E-state index in [4.69, 9.17) is 11.6 Å². The molecule has 0 aliphatic carbocycles. The van der Waals surface area contributed by atoms with Gasteiger partial charge in [0.2, 0.25) is 0 Å². The summed E-state index contributed by atoms with van der Waals surface area (Å²) in [5.74, 6) is 0.116. The number of aromatic hydroxyl groups is 1. The summed E-state index contributed by atoms with van der Waals surface area (Å²) >= 11 is 5.87. The summed E-state index contributed by atoms with van der Waals surface area (Å²) in [4.78, 5) is 10.1. The highest BCUT2D eigenvalue weighted by atomic mass is 35.5. The molecule has 1 aromatic carbocycles. The average molecular weight is 199 g/mol. The highest BCUT2D eigenvalue weighted by molar-refractivity contribution is 6.32. The van der Waals surface area contributed by atoms with Crippen LogP contribution in [0.3, 0.4) is 0 Å². The van der Waals surface area contributed by atoms with E-state index in [2.05, 4.69) is 0 Å². The maximum Gasteiger partial charge on any atom is 0.137 e. The summed E-state index contributed by atoms with van der Waals surface area (Å²) in [6.45, 7) is 1.78. The number of hydrogen-bond donors (Lipinski definition) is 1. The van der Waals surface area contributed by atoms with Gasteiger partial charge in [0.15, 0.2) is 0 Å². The van der Waals surface area contributed by atoms with E-state index in [1.807, 2.05) is 6.07 Å². The largest absolute Gasteiger partial charge is 0.506 e. The number of carbonyl (C=O) groups excluding carboxylic acids is 1. The van der Waals surface area contributed by atoms with Gasteiger partial charge in [-0.05, 0) is 24.5 Å². The number of halogens is 1. The Labute approximate surface area is 82.2 Å². The fourth-order valence-corrected chi connectivity index (χ4v) is 1.42. The number of hydrogen-bond acceptors (Lipinski definition) is 2. The Morgan fingerprint density at radius 3 is 2.85 bits per heavy atom. The maximum absolute atomic E-state index is 10.1. The number of aryl methyl sites for hydroxylation is 2. The van der Waals surface area contributed by atoms with Crippen LogP contribution in [0.25, 0.3) is 0 Å². The standard InChI is InChI=1S/C10H11ClO2/c1-7-4-5-8(3-2-6-12)9(11)10(7)13/h4-6,13H,2-3H2,1H3. The molecule has 0 spiro atoms. The van der Waals surface area contributed by atoms with Crippen molar-refractivity contribution in [3.63, 3.8) is 0 Å². The number of phenols is 1. The summed E-state index contributed by atoms with van der Waals surface area (Å²) in [6, 6.07) is 3.63. The molecule has 1 aromatic rings. The van der Waals surface area contributed by atoms with Gasteiger partial charge in [-0.1, -0.05) is 23.7 Å². The Hall–Kier alpha value is -1.02. The highest BCUT2D eigenvalue weighted by Gasteiger charge is 2.07. The van der Waals surface area contributed by atoms with Crippen LogP contribution in [-0.4, -0.2) is 11.4 Å². The van der Waals surface area contributed by atoms with E-state index < -0.39 is 0 Å². The summed E-state index contributed by atoms with van der Waals surface area (Å²) in [5, 5.41) is 9.83. The number of carbonyl (C=O) groups is 1. The molecule has 0 heterocycles. The van der Waals surface area contributed by atoms with Crippen molar-refractivity contribution in [3.05, 3.63) is 28.3 Å². The molecule has 0 saturated heterocycles. The van der Waals surface area contributed by atoms with Crippen molar-refractivity contribution in [3.8, 4) is 5.75 Å². The van der Waals surface area contributed by atoms with Crippen molar-refractivity contribution in [2.75, 3.05) is 0 Å². The predicted octanol–water partition coefficient (Wildman–Crippen LogP) is 2.49. The molecule has 1 N–H and O–H groups in total. The third kappa shape index (κ3) is 2.22. The number of benzene rings is 1. The van der Waals surface area contributed by atoms with E-state index in [-0.39, 0.29) is 5.75 Å². The van der Waals surface area contributed by atoms with E-state index in [0.29, 0.717) is 17.9 Å². The molecule has 0 radical (unpaired) electrons. The zero-order valence-corrected chi connectivity index (χ0v) is 8.14. The molecule has 0 aliphatic rings. The second kappa shape index (κ2) is 4.28. The molecule has 0 amide bonds. The molecule has 0 unspecified atom stereocenters. The van der Waals surface area contributed by atoms with Crippen LogP contribution in [0.4, 0.5) is 0 Å². The third-order valence-corrected chi connectivity index (χ3v) is 2.35. The van der Waals surface area contributed by atoms with Gasteiger partial charge in [-0.3, -0.25) is 0 Å². The minimum atomic E-state index is 0.116. The molecular formula is C10H11ClO2. The van der Waals surface area contributed by atoms with Gasteiger partial charge in [-0.15, -0.1) is 0 Å². The van der Waals surface area contributed by atoms with E-state index in [0.717, 1.165) is 17.4 Å². The first-order valence-corrected chi connectivity index (χ1v) is 4.45. The Bertz CT molecular complexity index is 321.